The molecule has 1 atom stereocenters. The molecule has 4 rings (SSSR count). The van der Waals surface area contributed by atoms with Crippen molar-refractivity contribution in [3.63, 3.8) is 0 Å². The lowest BCUT2D eigenvalue weighted by Crippen LogP contribution is -2.49. The predicted molar refractivity (Wildman–Crippen MR) is 125 cm³/mol. The fourth-order valence-electron chi connectivity index (χ4n) is 4.39. The van der Waals surface area contributed by atoms with E-state index in [-0.39, 0.29) is 17.6 Å². The van der Waals surface area contributed by atoms with Crippen LogP contribution < -0.4 is 15.4 Å². The van der Waals surface area contributed by atoms with E-state index in [2.05, 4.69) is 31.0 Å². The summed E-state index contributed by atoms with van der Waals surface area (Å²) in [6, 6.07) is 5.69. The number of ether oxygens (including phenoxy) is 1. The highest BCUT2D eigenvalue weighted by Crippen LogP contribution is 2.30. The van der Waals surface area contributed by atoms with Crippen LogP contribution in [0.15, 0.2) is 29.3 Å². The van der Waals surface area contributed by atoms with Gasteiger partial charge in [0.1, 0.15) is 11.9 Å². The van der Waals surface area contributed by atoms with Crippen molar-refractivity contribution in [2.45, 2.75) is 25.3 Å². The highest BCUT2D eigenvalue weighted by Gasteiger charge is 2.28. The molecular formula is C23H26N8O3. The molecule has 1 N–H and O–H groups in total. The van der Waals surface area contributed by atoms with Gasteiger partial charge in [-0.1, -0.05) is 0 Å². The van der Waals surface area contributed by atoms with Gasteiger partial charge in [-0.15, -0.1) is 0 Å². The summed E-state index contributed by atoms with van der Waals surface area (Å²) in [6.45, 7) is 11.4. The first-order valence-corrected chi connectivity index (χ1v) is 11.3. The number of hydrogen-bond donors (Lipinski definition) is 1. The maximum Gasteiger partial charge on any atom is 0.275 e. The highest BCUT2D eigenvalue weighted by molar-refractivity contribution is 5.76. The summed E-state index contributed by atoms with van der Waals surface area (Å²) in [7, 11) is 0. The summed E-state index contributed by atoms with van der Waals surface area (Å²) < 4.78 is 5.83. The molecule has 34 heavy (non-hydrogen) atoms. The number of carbonyl (C=O) groups excluding carboxylic acids is 1. The minimum atomic E-state index is -0.486. The summed E-state index contributed by atoms with van der Waals surface area (Å²) in [5.41, 5.74) is 0.627. The van der Waals surface area contributed by atoms with Gasteiger partial charge in [0.15, 0.2) is 0 Å². The molecular weight excluding hydrogens is 436 g/mol. The molecule has 2 aromatic rings. The second-order valence-corrected chi connectivity index (χ2v) is 8.24. The summed E-state index contributed by atoms with van der Waals surface area (Å²) in [6.07, 6.45) is 5.22. The third-order valence-electron chi connectivity index (χ3n) is 6.21. The SMILES string of the molecule is [C-]#[N+]c1c(N2CCC[C@H]2COCCC(=O)N2CCN(c3ccc(C#N)cn3)CC2)cn[nH]c1=O. The number of rotatable bonds is 7. The molecule has 0 spiro atoms. The zero-order valence-corrected chi connectivity index (χ0v) is 18.8. The summed E-state index contributed by atoms with van der Waals surface area (Å²) in [5, 5.41) is 15.0. The molecule has 2 fully saturated rings. The Hall–Kier alpha value is -3.96. The standard InChI is InChI=1S/C23H26N8O3/c1-25-22-19(15-27-28-23(22)33)31-7-2-3-18(31)16-34-12-6-21(32)30-10-8-29(9-11-30)20-5-4-17(13-24)14-26-20/h4-5,14-15,18H,2-3,6-12,16H2,(H,28,33)/t18-/m0/s1. The van der Waals surface area contributed by atoms with Crippen LogP contribution in [0.25, 0.3) is 4.85 Å². The molecule has 0 aliphatic carbocycles. The second kappa shape index (κ2) is 10.8. The minimum Gasteiger partial charge on any atom is -0.379 e. The van der Waals surface area contributed by atoms with E-state index in [0.29, 0.717) is 57.1 Å². The molecule has 0 bridgehead atoms. The Morgan fingerprint density at radius 3 is 2.79 bits per heavy atom. The lowest BCUT2D eigenvalue weighted by atomic mass is 10.2. The van der Waals surface area contributed by atoms with Crippen LogP contribution in [0.3, 0.4) is 0 Å². The predicted octanol–water partition coefficient (Wildman–Crippen LogP) is 1.31. The van der Waals surface area contributed by atoms with Crippen LogP contribution in [0.4, 0.5) is 17.2 Å². The van der Waals surface area contributed by atoms with Gasteiger partial charge in [0.25, 0.3) is 11.2 Å². The molecule has 0 saturated carbocycles. The number of anilines is 2. The fraction of sp³-hybridized carbons (Fsp3) is 0.478. The molecule has 2 aromatic heterocycles. The number of hydrogen-bond acceptors (Lipinski definition) is 8. The molecule has 0 aromatic carbocycles. The average Bonchev–Trinajstić information content (AvgIpc) is 3.35. The van der Waals surface area contributed by atoms with Crippen LogP contribution in [0.5, 0.6) is 0 Å². The van der Waals surface area contributed by atoms with Crippen molar-refractivity contribution in [2.24, 2.45) is 0 Å². The molecule has 1 amide bonds. The lowest BCUT2D eigenvalue weighted by Gasteiger charge is -2.35. The van der Waals surface area contributed by atoms with Crippen LogP contribution in [0, 0.1) is 17.9 Å². The monoisotopic (exact) mass is 462 g/mol. The molecule has 0 unspecified atom stereocenters. The first kappa shape index (κ1) is 23.2. The van der Waals surface area contributed by atoms with E-state index >= 15 is 0 Å². The van der Waals surface area contributed by atoms with E-state index in [1.165, 1.54) is 6.20 Å². The van der Waals surface area contributed by atoms with Crippen LogP contribution >= 0.6 is 0 Å². The van der Waals surface area contributed by atoms with Crippen molar-refractivity contribution in [2.75, 3.05) is 55.7 Å². The Balaban J connectivity index is 1.21. The first-order chi connectivity index (χ1) is 16.6. The lowest BCUT2D eigenvalue weighted by molar-refractivity contribution is -0.132. The van der Waals surface area contributed by atoms with E-state index < -0.39 is 5.56 Å². The number of nitriles is 1. The number of pyridine rings is 1. The Bertz CT molecular complexity index is 1140. The highest BCUT2D eigenvalue weighted by atomic mass is 16.5. The third-order valence-corrected chi connectivity index (χ3v) is 6.21. The molecule has 2 aliphatic rings. The molecule has 11 heteroatoms. The van der Waals surface area contributed by atoms with Crippen molar-refractivity contribution >= 4 is 23.1 Å². The van der Waals surface area contributed by atoms with Crippen molar-refractivity contribution < 1.29 is 9.53 Å². The van der Waals surface area contributed by atoms with Crippen molar-refractivity contribution in [3.05, 3.63) is 51.9 Å². The van der Waals surface area contributed by atoms with Gasteiger partial charge in [-0.25, -0.2) is 9.83 Å². The molecule has 176 valence electrons. The average molecular weight is 463 g/mol. The molecule has 2 saturated heterocycles. The van der Waals surface area contributed by atoms with Crippen molar-refractivity contribution in [1.29, 1.82) is 5.26 Å². The number of nitrogens with zero attached hydrogens (tertiary/aromatic N) is 7. The number of carbonyl (C=O) groups is 1. The van der Waals surface area contributed by atoms with E-state index in [4.69, 9.17) is 16.6 Å². The minimum absolute atomic E-state index is 0.0441. The van der Waals surface area contributed by atoms with Gasteiger partial charge in [-0.2, -0.15) is 10.4 Å². The van der Waals surface area contributed by atoms with E-state index in [1.54, 1.807) is 12.3 Å². The maximum absolute atomic E-state index is 12.6. The topological polar surface area (TPSA) is 123 Å². The van der Waals surface area contributed by atoms with E-state index in [1.807, 2.05) is 15.9 Å². The van der Waals surface area contributed by atoms with E-state index in [0.717, 1.165) is 25.2 Å². The largest absolute Gasteiger partial charge is 0.379 e. The zero-order chi connectivity index (χ0) is 23.9. The molecule has 0 radical (unpaired) electrons. The van der Waals surface area contributed by atoms with Crippen LogP contribution in [-0.2, 0) is 9.53 Å². The quantitative estimate of drug-likeness (QED) is 0.483. The van der Waals surface area contributed by atoms with Gasteiger partial charge in [0.05, 0.1) is 49.7 Å². The van der Waals surface area contributed by atoms with Gasteiger partial charge in [-0.05, 0) is 25.0 Å². The van der Waals surface area contributed by atoms with Crippen molar-refractivity contribution in [3.8, 4) is 6.07 Å². The normalized spacial score (nSPS) is 17.9. The summed E-state index contributed by atoms with van der Waals surface area (Å²) in [4.78, 5) is 38.2. The fourth-order valence-corrected chi connectivity index (χ4v) is 4.39. The number of aromatic nitrogens is 3. The summed E-state index contributed by atoms with van der Waals surface area (Å²) in [5.74, 6) is 0.873. The maximum atomic E-state index is 12.6. The number of H-pyrrole nitrogens is 1. The number of piperazine rings is 1. The van der Waals surface area contributed by atoms with Crippen molar-refractivity contribution in [1.82, 2.24) is 20.1 Å². The van der Waals surface area contributed by atoms with Crippen LogP contribution in [0.1, 0.15) is 24.8 Å². The number of nitrogens with one attached hydrogen (secondary N) is 1. The van der Waals surface area contributed by atoms with Gasteiger partial charge in [0.2, 0.25) is 5.91 Å². The van der Waals surface area contributed by atoms with E-state index in [9.17, 15) is 9.59 Å². The Morgan fingerprint density at radius 2 is 2.09 bits per heavy atom. The third kappa shape index (κ3) is 5.16. The first-order valence-electron chi connectivity index (χ1n) is 11.3. The molecule has 2 aliphatic heterocycles. The Morgan fingerprint density at radius 1 is 1.26 bits per heavy atom. The number of amides is 1. The van der Waals surface area contributed by atoms with Gasteiger partial charge >= 0.3 is 0 Å². The van der Waals surface area contributed by atoms with Gasteiger partial charge in [-0.3, -0.25) is 14.7 Å². The smallest absolute Gasteiger partial charge is 0.275 e. The van der Waals surface area contributed by atoms with Crippen LogP contribution in [-0.4, -0.2) is 78.0 Å². The Kier molecular flexibility index (Phi) is 7.35. The molecule has 11 nitrogen and oxygen atoms in total. The summed E-state index contributed by atoms with van der Waals surface area (Å²) >= 11 is 0. The van der Waals surface area contributed by atoms with Gasteiger partial charge < -0.3 is 19.4 Å². The Labute approximate surface area is 197 Å². The number of aromatic amines is 1. The zero-order valence-electron chi connectivity index (χ0n) is 18.8. The molecule has 4 heterocycles. The van der Waals surface area contributed by atoms with Crippen LogP contribution in [0.2, 0.25) is 0 Å². The van der Waals surface area contributed by atoms with Gasteiger partial charge in [0, 0.05) is 38.9 Å². The second-order valence-electron chi connectivity index (χ2n) is 8.24.